The fourth-order valence-corrected chi connectivity index (χ4v) is 3.76. The highest BCUT2D eigenvalue weighted by molar-refractivity contribution is 7.89. The number of carbonyl (C=O) groups excluding carboxylic acids is 3. The summed E-state index contributed by atoms with van der Waals surface area (Å²) < 4.78 is 32.6. The number of rotatable bonds is 8. The number of hydrazine groups is 1. The normalized spacial score (nSPS) is 11.9. The summed E-state index contributed by atoms with van der Waals surface area (Å²) >= 11 is 0. The van der Waals surface area contributed by atoms with E-state index >= 15 is 0 Å². The van der Waals surface area contributed by atoms with Gasteiger partial charge in [0.25, 0.3) is 11.8 Å². The van der Waals surface area contributed by atoms with E-state index < -0.39 is 27.9 Å². The molecule has 0 fully saturated rings. The van der Waals surface area contributed by atoms with Gasteiger partial charge in [-0.3, -0.25) is 25.2 Å². The summed E-state index contributed by atoms with van der Waals surface area (Å²) in [6.45, 7) is 6.08. The van der Waals surface area contributed by atoms with Gasteiger partial charge in [-0.15, -0.1) is 0 Å². The van der Waals surface area contributed by atoms with Crippen molar-refractivity contribution in [1.29, 1.82) is 0 Å². The van der Waals surface area contributed by atoms with Crippen LogP contribution in [0.5, 0.6) is 5.75 Å². The maximum atomic E-state index is 12.5. The van der Waals surface area contributed by atoms with Gasteiger partial charge in [0.15, 0.2) is 6.61 Å². The van der Waals surface area contributed by atoms with Crippen LogP contribution in [0.15, 0.2) is 47.4 Å². The molecule has 0 aliphatic heterocycles. The molecule has 4 N–H and O–H groups in total. The van der Waals surface area contributed by atoms with Gasteiger partial charge in [-0.1, -0.05) is 12.1 Å². The Morgan fingerprint density at radius 1 is 1.00 bits per heavy atom. The average molecular weight is 463 g/mol. The number of amides is 3. The lowest BCUT2D eigenvalue weighted by Gasteiger charge is -2.15. The van der Waals surface area contributed by atoms with Crippen LogP contribution in [0.2, 0.25) is 0 Å². The third-order valence-electron chi connectivity index (χ3n) is 4.24. The minimum absolute atomic E-state index is 0.0859. The Kier molecular flexibility index (Phi) is 8.33. The molecule has 0 bridgehead atoms. The lowest BCUT2D eigenvalue weighted by molar-refractivity contribution is -0.130. The Bertz CT molecular complexity index is 1100. The van der Waals surface area contributed by atoms with Gasteiger partial charge in [0.05, 0.1) is 10.9 Å². The number of hydrogen-bond donors (Lipinski definition) is 4. The van der Waals surface area contributed by atoms with Crippen molar-refractivity contribution in [3.63, 3.8) is 0 Å². The van der Waals surface area contributed by atoms with Crippen LogP contribution >= 0.6 is 0 Å². The van der Waals surface area contributed by atoms with E-state index in [9.17, 15) is 22.8 Å². The van der Waals surface area contributed by atoms with Crippen LogP contribution in [0.4, 0.5) is 5.69 Å². The van der Waals surface area contributed by atoms with Crippen LogP contribution in [0.1, 0.15) is 25.0 Å². The lowest BCUT2D eigenvalue weighted by atomic mass is 10.1. The summed E-state index contributed by atoms with van der Waals surface area (Å²) in [6.07, 6.45) is 0. The van der Waals surface area contributed by atoms with Gasteiger partial charge in [0.2, 0.25) is 15.9 Å². The Morgan fingerprint density at radius 2 is 1.66 bits per heavy atom. The van der Waals surface area contributed by atoms with Crippen LogP contribution < -0.4 is 25.6 Å². The number of sulfonamides is 1. The fraction of sp³-hybridized carbons (Fsp3) is 0.286. The minimum Gasteiger partial charge on any atom is -0.483 e. The van der Waals surface area contributed by atoms with E-state index in [0.29, 0.717) is 11.4 Å². The van der Waals surface area contributed by atoms with Crippen molar-refractivity contribution in [3.8, 4) is 5.75 Å². The number of hydrogen-bond acceptors (Lipinski definition) is 6. The predicted octanol–water partition coefficient (Wildman–Crippen LogP) is 1.16. The highest BCUT2D eigenvalue weighted by atomic mass is 32.2. The molecule has 0 saturated carbocycles. The highest BCUT2D eigenvalue weighted by Crippen LogP contribution is 2.18. The Labute approximate surface area is 186 Å². The molecule has 0 radical (unpaired) electrons. The molecule has 2 aromatic rings. The predicted molar refractivity (Wildman–Crippen MR) is 118 cm³/mol. The largest absolute Gasteiger partial charge is 0.483 e. The standard InChI is InChI=1S/C21H26N4O6S/c1-13-5-6-14(2)19(11-13)31-12-20(27)23-24-21(28)15(3)25-32(29,30)18-9-7-17(8-10-18)22-16(4)26/h5-11,15,25H,12H2,1-4H3,(H,22,26)(H,23,27)(H,24,28)/t15-/m0/s1. The van der Waals surface area contributed by atoms with Crippen LogP contribution in [0, 0.1) is 13.8 Å². The Hall–Kier alpha value is -3.44. The second-order valence-electron chi connectivity index (χ2n) is 7.14. The van der Waals surface area contributed by atoms with Gasteiger partial charge < -0.3 is 10.1 Å². The molecule has 0 aliphatic carbocycles. The van der Waals surface area contributed by atoms with Crippen LogP contribution in [-0.2, 0) is 24.4 Å². The third kappa shape index (κ3) is 7.36. The summed E-state index contributed by atoms with van der Waals surface area (Å²) in [5, 5.41) is 2.53. The third-order valence-corrected chi connectivity index (χ3v) is 5.79. The van der Waals surface area contributed by atoms with Gasteiger partial charge in [-0.25, -0.2) is 8.42 Å². The molecule has 0 aromatic heterocycles. The fourth-order valence-electron chi connectivity index (χ4n) is 2.56. The first-order valence-corrected chi connectivity index (χ1v) is 11.1. The Balaban J connectivity index is 1.85. The van der Waals surface area contributed by atoms with Crippen molar-refractivity contribution < 1.29 is 27.5 Å². The molecule has 2 aromatic carbocycles. The molecule has 32 heavy (non-hydrogen) atoms. The maximum Gasteiger partial charge on any atom is 0.276 e. The zero-order valence-electron chi connectivity index (χ0n) is 18.2. The average Bonchev–Trinajstić information content (AvgIpc) is 2.72. The van der Waals surface area contributed by atoms with Gasteiger partial charge in [-0.05, 0) is 62.2 Å². The van der Waals surface area contributed by atoms with E-state index in [1.54, 1.807) is 6.07 Å². The molecule has 0 heterocycles. The van der Waals surface area contributed by atoms with Crippen molar-refractivity contribution in [2.75, 3.05) is 11.9 Å². The quantitative estimate of drug-likeness (QED) is 0.434. The van der Waals surface area contributed by atoms with Crippen molar-refractivity contribution in [2.45, 2.75) is 38.6 Å². The zero-order chi connectivity index (χ0) is 23.9. The van der Waals surface area contributed by atoms with E-state index in [4.69, 9.17) is 4.74 Å². The van der Waals surface area contributed by atoms with E-state index in [0.717, 1.165) is 11.1 Å². The maximum absolute atomic E-state index is 12.5. The first-order valence-electron chi connectivity index (χ1n) is 9.66. The molecular weight excluding hydrogens is 436 g/mol. The second-order valence-corrected chi connectivity index (χ2v) is 8.86. The summed E-state index contributed by atoms with van der Waals surface area (Å²) in [6, 6.07) is 9.85. The van der Waals surface area contributed by atoms with Crippen molar-refractivity contribution in [1.82, 2.24) is 15.6 Å². The number of ether oxygens (including phenoxy) is 1. The number of aryl methyl sites for hydroxylation is 2. The first kappa shape index (κ1) is 24.8. The minimum atomic E-state index is -4.00. The molecule has 0 saturated heterocycles. The van der Waals surface area contributed by atoms with Gasteiger partial charge in [0.1, 0.15) is 5.75 Å². The number of carbonyl (C=O) groups is 3. The molecule has 10 nitrogen and oxygen atoms in total. The molecule has 1 atom stereocenters. The van der Waals surface area contributed by atoms with Crippen LogP contribution in [-0.4, -0.2) is 38.8 Å². The SMILES string of the molecule is CC(=O)Nc1ccc(S(=O)(=O)N[C@@H](C)C(=O)NNC(=O)COc2cc(C)ccc2C)cc1. The zero-order valence-corrected chi connectivity index (χ0v) is 19.0. The van der Waals surface area contributed by atoms with Crippen molar-refractivity contribution >= 4 is 33.4 Å². The molecule has 3 amide bonds. The highest BCUT2D eigenvalue weighted by Gasteiger charge is 2.22. The molecule has 0 aliphatic rings. The van der Waals surface area contributed by atoms with Gasteiger partial charge in [0, 0.05) is 12.6 Å². The topological polar surface area (TPSA) is 143 Å². The summed E-state index contributed by atoms with van der Waals surface area (Å²) in [5.41, 5.74) is 6.61. The monoisotopic (exact) mass is 462 g/mol. The molecular formula is C21H26N4O6S. The van der Waals surface area contributed by atoms with Crippen molar-refractivity contribution in [3.05, 3.63) is 53.6 Å². The van der Waals surface area contributed by atoms with E-state index in [1.165, 1.54) is 38.1 Å². The molecule has 11 heteroatoms. The molecule has 0 unspecified atom stereocenters. The van der Waals surface area contributed by atoms with Gasteiger partial charge in [-0.2, -0.15) is 4.72 Å². The second kappa shape index (κ2) is 10.7. The van der Waals surface area contributed by atoms with Gasteiger partial charge >= 0.3 is 0 Å². The van der Waals surface area contributed by atoms with E-state index in [2.05, 4.69) is 20.9 Å². The molecule has 172 valence electrons. The lowest BCUT2D eigenvalue weighted by Crippen LogP contribution is -2.51. The number of benzene rings is 2. The van der Waals surface area contributed by atoms with E-state index in [-0.39, 0.29) is 17.4 Å². The number of anilines is 1. The number of nitrogens with one attached hydrogen (secondary N) is 4. The Morgan fingerprint density at radius 3 is 2.28 bits per heavy atom. The first-order chi connectivity index (χ1) is 15.0. The van der Waals surface area contributed by atoms with E-state index in [1.807, 2.05) is 26.0 Å². The smallest absolute Gasteiger partial charge is 0.276 e. The van der Waals surface area contributed by atoms with Crippen LogP contribution in [0.3, 0.4) is 0 Å². The summed E-state index contributed by atoms with van der Waals surface area (Å²) in [5.74, 6) is -1.10. The molecule has 0 spiro atoms. The van der Waals surface area contributed by atoms with Crippen LogP contribution in [0.25, 0.3) is 0 Å². The summed E-state index contributed by atoms with van der Waals surface area (Å²) in [4.78, 5) is 35.1. The van der Waals surface area contributed by atoms with Crippen molar-refractivity contribution in [2.24, 2.45) is 0 Å². The molecule has 2 rings (SSSR count). The summed E-state index contributed by atoms with van der Waals surface area (Å²) in [7, 11) is -4.00.